The molecule has 0 aliphatic heterocycles. The van der Waals surface area contributed by atoms with Crippen LogP contribution < -0.4 is 0 Å². The van der Waals surface area contributed by atoms with Crippen LogP contribution in [-0.4, -0.2) is 30.6 Å². The van der Waals surface area contributed by atoms with E-state index in [9.17, 15) is 23.2 Å². The van der Waals surface area contributed by atoms with Gasteiger partial charge in [-0.15, -0.1) is 0 Å². The largest absolute Gasteiger partial charge is 0.469 e. The Hall–Kier alpha value is -2.11. The molecule has 1 aromatic rings. The van der Waals surface area contributed by atoms with Gasteiger partial charge < -0.3 is 4.74 Å². The number of carbonyl (C=O) groups excluding carboxylic acids is 3. The predicted octanol–water partition coefficient (Wildman–Crippen LogP) is 2.51. The van der Waals surface area contributed by atoms with Crippen molar-refractivity contribution in [3.05, 3.63) is 35.4 Å². The molecule has 1 aromatic carbocycles. The normalized spacial score (nSPS) is 19.8. The number of esters is 1. The summed E-state index contributed by atoms with van der Waals surface area (Å²) < 4.78 is 31.9. The van der Waals surface area contributed by atoms with Gasteiger partial charge in [-0.05, 0) is 11.5 Å². The molecule has 0 aromatic heterocycles. The molecular weight excluding hydrogens is 282 g/mol. The molecule has 0 saturated carbocycles. The lowest BCUT2D eigenvalue weighted by Crippen LogP contribution is -2.37. The van der Waals surface area contributed by atoms with Crippen molar-refractivity contribution in [1.82, 2.24) is 0 Å². The Balaban J connectivity index is 2.24. The van der Waals surface area contributed by atoms with Crippen molar-refractivity contribution in [3.63, 3.8) is 0 Å². The van der Waals surface area contributed by atoms with Crippen molar-refractivity contribution in [3.8, 4) is 0 Å². The fraction of sp³-hybridized carbons (Fsp3) is 0.400. The third-order valence-electron chi connectivity index (χ3n) is 3.52. The number of fused-ring (bicyclic) bond motifs is 1. The number of halogens is 2. The second kappa shape index (κ2) is 5.71. The molecule has 1 aliphatic rings. The van der Waals surface area contributed by atoms with Gasteiger partial charge >= 0.3 is 11.9 Å². The highest BCUT2D eigenvalue weighted by Crippen LogP contribution is 2.42. The summed E-state index contributed by atoms with van der Waals surface area (Å²) in [5, 5.41) is 0. The number of hydrogen-bond acceptors (Lipinski definition) is 4. The van der Waals surface area contributed by atoms with E-state index in [-0.39, 0.29) is 12.0 Å². The smallest absolute Gasteiger partial charge is 0.313 e. The molecule has 1 unspecified atom stereocenters. The van der Waals surface area contributed by atoms with E-state index in [1.807, 2.05) is 0 Å². The molecule has 21 heavy (non-hydrogen) atoms. The van der Waals surface area contributed by atoms with Crippen molar-refractivity contribution in [2.24, 2.45) is 0 Å². The molecule has 6 heteroatoms. The van der Waals surface area contributed by atoms with Gasteiger partial charge in [0.2, 0.25) is 5.78 Å². The molecule has 4 nitrogen and oxygen atoms in total. The summed E-state index contributed by atoms with van der Waals surface area (Å²) in [6, 6.07) is 6.04. The topological polar surface area (TPSA) is 60.4 Å². The van der Waals surface area contributed by atoms with Gasteiger partial charge in [0.05, 0.1) is 7.11 Å². The van der Waals surface area contributed by atoms with Crippen molar-refractivity contribution >= 4 is 17.5 Å². The van der Waals surface area contributed by atoms with Gasteiger partial charge in [-0.3, -0.25) is 14.4 Å². The fourth-order valence-electron chi connectivity index (χ4n) is 2.53. The monoisotopic (exact) mass is 296 g/mol. The lowest BCUT2D eigenvalue weighted by Gasteiger charge is -2.29. The van der Waals surface area contributed by atoms with Crippen LogP contribution in [-0.2, 0) is 14.3 Å². The van der Waals surface area contributed by atoms with Crippen LogP contribution in [0.2, 0.25) is 0 Å². The highest BCUT2D eigenvalue weighted by Gasteiger charge is 2.47. The molecule has 0 spiro atoms. The molecule has 1 atom stereocenters. The molecular formula is C15H14F2O4. The van der Waals surface area contributed by atoms with E-state index in [0.29, 0.717) is 5.56 Å². The maximum atomic E-state index is 13.8. The average Bonchev–Trinajstić information content (AvgIpc) is 2.44. The lowest BCUT2D eigenvalue weighted by molar-refractivity contribution is -0.143. The van der Waals surface area contributed by atoms with Crippen LogP contribution in [0.3, 0.4) is 0 Å². The standard InChI is InChI=1S/C15H14F2O4/c1-21-13(19)7-10(18)6-9-8-15(16,17)14(20)12-5-3-2-4-11(9)12/h2-5,9H,6-8H2,1H3. The zero-order valence-electron chi connectivity index (χ0n) is 11.4. The summed E-state index contributed by atoms with van der Waals surface area (Å²) in [6.45, 7) is 0. The number of hydrogen-bond donors (Lipinski definition) is 0. The Morgan fingerprint density at radius 2 is 2.00 bits per heavy atom. The third kappa shape index (κ3) is 3.15. The molecule has 112 valence electrons. The zero-order chi connectivity index (χ0) is 15.6. The summed E-state index contributed by atoms with van der Waals surface area (Å²) in [7, 11) is 1.15. The molecule has 0 heterocycles. The number of ketones is 2. The van der Waals surface area contributed by atoms with Crippen LogP contribution in [0.25, 0.3) is 0 Å². The van der Waals surface area contributed by atoms with Gasteiger partial charge in [0, 0.05) is 18.4 Å². The molecule has 0 radical (unpaired) electrons. The second-order valence-electron chi connectivity index (χ2n) is 5.02. The van der Waals surface area contributed by atoms with Crippen molar-refractivity contribution in [2.45, 2.75) is 31.1 Å². The van der Waals surface area contributed by atoms with E-state index < -0.39 is 42.2 Å². The maximum absolute atomic E-state index is 13.8. The first kappa shape index (κ1) is 15.3. The van der Waals surface area contributed by atoms with Gasteiger partial charge in [-0.25, -0.2) is 0 Å². The number of carbonyl (C=O) groups is 3. The van der Waals surface area contributed by atoms with Crippen LogP contribution in [0.5, 0.6) is 0 Å². The number of Topliss-reactive ketones (excluding diaryl/α,β-unsaturated/α-hetero) is 2. The van der Waals surface area contributed by atoms with Crippen molar-refractivity contribution in [2.75, 3.05) is 7.11 Å². The van der Waals surface area contributed by atoms with Gasteiger partial charge in [-0.1, -0.05) is 24.3 Å². The fourth-order valence-corrected chi connectivity index (χ4v) is 2.53. The summed E-state index contributed by atoms with van der Waals surface area (Å²) in [4.78, 5) is 34.5. The van der Waals surface area contributed by atoms with E-state index in [2.05, 4.69) is 4.74 Å². The Bertz CT molecular complexity index is 595. The first-order valence-electron chi connectivity index (χ1n) is 6.45. The zero-order valence-corrected chi connectivity index (χ0v) is 11.4. The average molecular weight is 296 g/mol. The van der Waals surface area contributed by atoms with E-state index in [1.165, 1.54) is 12.1 Å². The van der Waals surface area contributed by atoms with Gasteiger partial charge in [0.25, 0.3) is 0 Å². The number of rotatable bonds is 4. The van der Waals surface area contributed by atoms with E-state index in [4.69, 9.17) is 0 Å². The second-order valence-corrected chi connectivity index (χ2v) is 5.02. The minimum atomic E-state index is -3.48. The maximum Gasteiger partial charge on any atom is 0.313 e. The Labute approximate surface area is 120 Å². The molecule has 2 rings (SSSR count). The molecule has 0 fully saturated rings. The van der Waals surface area contributed by atoms with E-state index in [1.54, 1.807) is 12.1 Å². The SMILES string of the molecule is COC(=O)CC(=O)CC1CC(F)(F)C(=O)c2ccccc21. The Morgan fingerprint density at radius 1 is 1.33 bits per heavy atom. The highest BCUT2D eigenvalue weighted by atomic mass is 19.3. The predicted molar refractivity (Wildman–Crippen MR) is 69.3 cm³/mol. The molecule has 0 saturated heterocycles. The lowest BCUT2D eigenvalue weighted by atomic mass is 9.77. The molecule has 0 N–H and O–H groups in total. The quantitative estimate of drug-likeness (QED) is 0.632. The van der Waals surface area contributed by atoms with Gasteiger partial charge in [0.15, 0.2) is 0 Å². The van der Waals surface area contributed by atoms with Crippen LogP contribution in [0, 0.1) is 0 Å². The summed E-state index contributed by atoms with van der Waals surface area (Å²) in [5.74, 6) is -6.65. The minimum Gasteiger partial charge on any atom is -0.469 e. The highest BCUT2D eigenvalue weighted by molar-refractivity contribution is 6.04. The van der Waals surface area contributed by atoms with Gasteiger partial charge in [-0.2, -0.15) is 8.78 Å². The van der Waals surface area contributed by atoms with Crippen molar-refractivity contribution in [1.29, 1.82) is 0 Å². The molecule has 0 amide bonds. The van der Waals surface area contributed by atoms with Crippen LogP contribution >= 0.6 is 0 Å². The molecule has 0 bridgehead atoms. The minimum absolute atomic E-state index is 0.0513. The van der Waals surface area contributed by atoms with Gasteiger partial charge in [0.1, 0.15) is 12.2 Å². The number of ether oxygens (including phenoxy) is 1. The third-order valence-corrected chi connectivity index (χ3v) is 3.52. The Morgan fingerprint density at radius 3 is 2.67 bits per heavy atom. The van der Waals surface area contributed by atoms with E-state index in [0.717, 1.165) is 7.11 Å². The summed E-state index contributed by atoms with van der Waals surface area (Å²) in [6.07, 6.45) is -1.38. The molecule has 1 aliphatic carbocycles. The van der Waals surface area contributed by atoms with E-state index >= 15 is 0 Å². The summed E-state index contributed by atoms with van der Waals surface area (Å²) >= 11 is 0. The summed E-state index contributed by atoms with van der Waals surface area (Å²) in [5.41, 5.74) is 0.385. The first-order valence-corrected chi connectivity index (χ1v) is 6.45. The van der Waals surface area contributed by atoms with Crippen LogP contribution in [0.4, 0.5) is 8.78 Å². The number of alkyl halides is 2. The van der Waals surface area contributed by atoms with Crippen molar-refractivity contribution < 1.29 is 27.9 Å². The number of benzene rings is 1. The van der Waals surface area contributed by atoms with Crippen LogP contribution in [0.1, 0.15) is 41.1 Å². The van der Waals surface area contributed by atoms with Crippen LogP contribution in [0.15, 0.2) is 24.3 Å². The Kier molecular flexibility index (Phi) is 4.16. The first-order chi connectivity index (χ1) is 9.85. The number of methoxy groups -OCH3 is 1.